The highest BCUT2D eigenvalue weighted by Gasteiger charge is 2.16. The largest absolute Gasteiger partial charge is 0.393 e. The summed E-state index contributed by atoms with van der Waals surface area (Å²) in [6.07, 6.45) is 0.344. The molecule has 5 heteroatoms. The van der Waals surface area contributed by atoms with Gasteiger partial charge in [-0.1, -0.05) is 26.0 Å². The van der Waals surface area contributed by atoms with Crippen LogP contribution in [0.4, 0.5) is 5.69 Å². The molecule has 0 aliphatic rings. The second-order valence-electron chi connectivity index (χ2n) is 5.12. The molecule has 1 aromatic rings. The molecule has 0 aliphatic carbocycles. The van der Waals surface area contributed by atoms with Gasteiger partial charge in [0.15, 0.2) is 0 Å². The second-order valence-corrected chi connectivity index (χ2v) is 5.12. The van der Waals surface area contributed by atoms with Crippen molar-refractivity contribution in [2.75, 3.05) is 6.54 Å². The van der Waals surface area contributed by atoms with Crippen LogP contribution in [0.5, 0.6) is 0 Å². The Kier molecular flexibility index (Phi) is 5.92. The number of nitro benzene ring substituents is 1. The van der Waals surface area contributed by atoms with Crippen LogP contribution < -0.4 is 5.32 Å². The van der Waals surface area contributed by atoms with Crippen LogP contribution in [0.3, 0.4) is 0 Å². The number of nitrogens with zero attached hydrogens (tertiary/aromatic N) is 1. The molecule has 0 spiro atoms. The molecule has 19 heavy (non-hydrogen) atoms. The van der Waals surface area contributed by atoms with Gasteiger partial charge >= 0.3 is 0 Å². The van der Waals surface area contributed by atoms with Gasteiger partial charge in [0.2, 0.25) is 0 Å². The van der Waals surface area contributed by atoms with E-state index in [1.54, 1.807) is 13.0 Å². The maximum atomic E-state index is 11.0. The lowest BCUT2D eigenvalue weighted by atomic mass is 9.99. The third kappa shape index (κ3) is 4.96. The molecule has 0 aromatic heterocycles. The molecule has 2 N–H and O–H groups in total. The first-order valence-electron chi connectivity index (χ1n) is 6.57. The molecule has 0 aliphatic heterocycles. The lowest BCUT2D eigenvalue weighted by Gasteiger charge is -2.10. The Hall–Kier alpha value is -1.46. The topological polar surface area (TPSA) is 75.4 Å². The van der Waals surface area contributed by atoms with Crippen molar-refractivity contribution >= 4 is 5.69 Å². The van der Waals surface area contributed by atoms with Crippen LogP contribution in [0.25, 0.3) is 0 Å². The summed E-state index contributed by atoms with van der Waals surface area (Å²) in [5.41, 5.74) is 1.84. The van der Waals surface area contributed by atoms with Crippen molar-refractivity contribution in [3.63, 3.8) is 0 Å². The number of rotatable bonds is 7. The molecule has 0 bridgehead atoms. The first-order chi connectivity index (χ1) is 8.91. The molecule has 1 rings (SSSR count). The third-order valence-corrected chi connectivity index (χ3v) is 2.98. The molecule has 0 saturated carbocycles. The average Bonchev–Trinajstić information content (AvgIpc) is 2.33. The Labute approximate surface area is 113 Å². The van der Waals surface area contributed by atoms with Crippen LogP contribution in [0.15, 0.2) is 18.2 Å². The van der Waals surface area contributed by atoms with Gasteiger partial charge in [-0.05, 0) is 31.4 Å². The zero-order valence-corrected chi connectivity index (χ0v) is 11.7. The molecule has 0 heterocycles. The first kappa shape index (κ1) is 15.6. The molecular formula is C14H22N2O3. The van der Waals surface area contributed by atoms with Gasteiger partial charge in [-0.25, -0.2) is 0 Å². The number of hydrogen-bond donors (Lipinski definition) is 2. The van der Waals surface area contributed by atoms with E-state index in [9.17, 15) is 10.1 Å². The molecule has 0 saturated heterocycles. The lowest BCUT2D eigenvalue weighted by molar-refractivity contribution is -0.385. The number of nitro groups is 1. The summed E-state index contributed by atoms with van der Waals surface area (Å²) in [7, 11) is 0. The molecule has 0 amide bonds. The van der Waals surface area contributed by atoms with E-state index in [4.69, 9.17) is 5.11 Å². The Balaban J connectivity index is 2.71. The Morgan fingerprint density at radius 3 is 2.58 bits per heavy atom. The van der Waals surface area contributed by atoms with Gasteiger partial charge < -0.3 is 10.4 Å². The molecule has 106 valence electrons. The molecule has 1 atom stereocenters. The molecule has 5 nitrogen and oxygen atoms in total. The van der Waals surface area contributed by atoms with E-state index in [0.717, 1.165) is 11.1 Å². The number of nitrogens with one attached hydrogen (secondary N) is 1. The third-order valence-electron chi connectivity index (χ3n) is 2.98. The smallest absolute Gasteiger partial charge is 0.273 e. The summed E-state index contributed by atoms with van der Waals surface area (Å²) in [4.78, 5) is 10.7. The normalized spacial score (nSPS) is 12.7. The molecule has 1 aromatic carbocycles. The van der Waals surface area contributed by atoms with E-state index in [2.05, 4.69) is 5.32 Å². The number of benzene rings is 1. The van der Waals surface area contributed by atoms with Crippen LogP contribution in [0, 0.1) is 10.1 Å². The van der Waals surface area contributed by atoms with Gasteiger partial charge in [-0.15, -0.1) is 0 Å². The fourth-order valence-electron chi connectivity index (χ4n) is 1.89. The van der Waals surface area contributed by atoms with Gasteiger partial charge in [0.05, 0.1) is 11.0 Å². The van der Waals surface area contributed by atoms with E-state index in [-0.39, 0.29) is 22.6 Å². The molecule has 0 radical (unpaired) electrons. The van der Waals surface area contributed by atoms with Crippen LogP contribution in [-0.4, -0.2) is 22.7 Å². The maximum Gasteiger partial charge on any atom is 0.273 e. The predicted molar refractivity (Wildman–Crippen MR) is 75.2 cm³/mol. The molecular weight excluding hydrogens is 244 g/mol. The van der Waals surface area contributed by atoms with Crippen molar-refractivity contribution in [1.82, 2.24) is 5.32 Å². The highest BCUT2D eigenvalue weighted by atomic mass is 16.6. The van der Waals surface area contributed by atoms with Gasteiger partial charge in [0.1, 0.15) is 0 Å². The molecule has 0 fully saturated rings. The Morgan fingerprint density at radius 2 is 2.05 bits per heavy atom. The summed E-state index contributed by atoms with van der Waals surface area (Å²) < 4.78 is 0. The minimum Gasteiger partial charge on any atom is -0.393 e. The van der Waals surface area contributed by atoms with E-state index in [1.807, 2.05) is 26.0 Å². The quantitative estimate of drug-likeness (QED) is 0.452. The minimum absolute atomic E-state index is 0.137. The van der Waals surface area contributed by atoms with Crippen LogP contribution >= 0.6 is 0 Å². The van der Waals surface area contributed by atoms with Gasteiger partial charge in [-0.2, -0.15) is 0 Å². The monoisotopic (exact) mass is 266 g/mol. The summed E-state index contributed by atoms with van der Waals surface area (Å²) >= 11 is 0. The fraction of sp³-hybridized carbons (Fsp3) is 0.571. The summed E-state index contributed by atoms with van der Waals surface area (Å²) in [6, 6.07) is 5.37. The van der Waals surface area contributed by atoms with E-state index in [0.29, 0.717) is 19.5 Å². The van der Waals surface area contributed by atoms with E-state index in [1.165, 1.54) is 0 Å². The number of aliphatic hydroxyl groups excluding tert-OH is 1. The van der Waals surface area contributed by atoms with Gasteiger partial charge in [0.25, 0.3) is 5.69 Å². The van der Waals surface area contributed by atoms with Crippen molar-refractivity contribution in [2.24, 2.45) is 0 Å². The number of hydrogen-bond acceptors (Lipinski definition) is 4. The number of aliphatic hydroxyl groups is 1. The van der Waals surface area contributed by atoms with Crippen molar-refractivity contribution in [3.8, 4) is 0 Å². The first-order valence-corrected chi connectivity index (χ1v) is 6.57. The summed E-state index contributed by atoms with van der Waals surface area (Å²) in [5.74, 6) is 0.137. The molecule has 1 unspecified atom stereocenters. The lowest BCUT2D eigenvalue weighted by Crippen LogP contribution is -2.18. The van der Waals surface area contributed by atoms with Crippen molar-refractivity contribution < 1.29 is 10.0 Å². The van der Waals surface area contributed by atoms with Crippen molar-refractivity contribution in [3.05, 3.63) is 39.4 Å². The zero-order valence-electron chi connectivity index (χ0n) is 11.7. The standard InChI is InChI=1S/C14H22N2O3/c1-10(2)13-5-4-12(8-14(13)16(18)19)9-15-7-6-11(3)17/h4-5,8,10-11,15,17H,6-7,9H2,1-3H3. The van der Waals surface area contributed by atoms with Crippen LogP contribution in [0.2, 0.25) is 0 Å². The highest BCUT2D eigenvalue weighted by molar-refractivity contribution is 5.45. The van der Waals surface area contributed by atoms with Crippen molar-refractivity contribution in [1.29, 1.82) is 0 Å². The summed E-state index contributed by atoms with van der Waals surface area (Å²) in [5, 5.41) is 23.3. The van der Waals surface area contributed by atoms with Gasteiger partial charge in [0, 0.05) is 18.2 Å². The van der Waals surface area contributed by atoms with Crippen molar-refractivity contribution in [2.45, 2.75) is 45.8 Å². The SMILES string of the molecule is CC(O)CCNCc1ccc(C(C)C)c([N+](=O)[O-])c1. The highest BCUT2D eigenvalue weighted by Crippen LogP contribution is 2.27. The minimum atomic E-state index is -0.329. The average molecular weight is 266 g/mol. The second kappa shape index (κ2) is 7.21. The van der Waals surface area contributed by atoms with Gasteiger partial charge in [-0.3, -0.25) is 10.1 Å². The van der Waals surface area contributed by atoms with Crippen LogP contribution in [0.1, 0.15) is 44.2 Å². The maximum absolute atomic E-state index is 11.0. The Morgan fingerprint density at radius 1 is 1.37 bits per heavy atom. The van der Waals surface area contributed by atoms with E-state index < -0.39 is 0 Å². The summed E-state index contributed by atoms with van der Waals surface area (Å²) in [6.45, 7) is 6.90. The van der Waals surface area contributed by atoms with E-state index >= 15 is 0 Å². The van der Waals surface area contributed by atoms with Crippen LogP contribution in [-0.2, 0) is 6.54 Å². The Bertz CT molecular complexity index is 431. The fourth-order valence-corrected chi connectivity index (χ4v) is 1.89. The predicted octanol–water partition coefficient (Wildman–Crippen LogP) is 2.58. The zero-order chi connectivity index (χ0) is 14.4.